The molecule has 0 heterocycles. The van der Waals surface area contributed by atoms with Crippen molar-refractivity contribution < 1.29 is 9.53 Å². The third-order valence-corrected chi connectivity index (χ3v) is 3.34. The maximum atomic E-state index is 11.7. The van der Waals surface area contributed by atoms with Gasteiger partial charge in [0.15, 0.2) is 0 Å². The van der Waals surface area contributed by atoms with Crippen LogP contribution in [0, 0.1) is 0 Å². The normalized spacial score (nSPS) is 17.7. The van der Waals surface area contributed by atoms with E-state index in [9.17, 15) is 4.79 Å². The van der Waals surface area contributed by atoms with Gasteiger partial charge in [-0.15, -0.1) is 0 Å². The number of hydrogen-bond acceptors (Lipinski definition) is 3. The molecule has 1 saturated carbocycles. The second-order valence-electron chi connectivity index (χ2n) is 5.70. The fraction of sp³-hybridized carbons (Fsp3) is 0.929. The lowest BCUT2D eigenvalue weighted by Gasteiger charge is -2.26. The maximum absolute atomic E-state index is 11.7. The lowest BCUT2D eigenvalue weighted by molar-refractivity contribution is -0.121. The number of rotatable bonds is 7. The van der Waals surface area contributed by atoms with E-state index in [-0.39, 0.29) is 11.5 Å². The zero-order valence-corrected chi connectivity index (χ0v) is 12.1. The minimum absolute atomic E-state index is 0.106. The van der Waals surface area contributed by atoms with Gasteiger partial charge in [0.1, 0.15) is 0 Å². The Labute approximate surface area is 111 Å². The Morgan fingerprint density at radius 1 is 1.28 bits per heavy atom. The van der Waals surface area contributed by atoms with E-state index in [1.54, 1.807) is 0 Å². The van der Waals surface area contributed by atoms with Crippen molar-refractivity contribution in [1.29, 1.82) is 0 Å². The summed E-state index contributed by atoms with van der Waals surface area (Å²) in [5.74, 6) is 0.106. The molecule has 1 rings (SSSR count). The molecule has 1 aliphatic carbocycles. The van der Waals surface area contributed by atoms with Crippen LogP contribution in [0.5, 0.6) is 0 Å². The quantitative estimate of drug-likeness (QED) is 0.731. The number of hydrogen-bond donors (Lipinski definition) is 2. The van der Waals surface area contributed by atoms with Crippen LogP contribution in [0.1, 0.15) is 52.9 Å². The number of ether oxygens (including phenoxy) is 1. The Hall–Kier alpha value is -0.610. The van der Waals surface area contributed by atoms with E-state index in [4.69, 9.17) is 4.74 Å². The van der Waals surface area contributed by atoms with Crippen molar-refractivity contribution in [3.63, 3.8) is 0 Å². The molecule has 0 radical (unpaired) electrons. The molecule has 106 valence electrons. The monoisotopic (exact) mass is 256 g/mol. The molecule has 0 aliphatic heterocycles. The molecule has 4 nitrogen and oxygen atoms in total. The molecule has 0 aromatic rings. The Morgan fingerprint density at radius 3 is 2.56 bits per heavy atom. The first-order chi connectivity index (χ1) is 8.53. The highest BCUT2D eigenvalue weighted by molar-refractivity contribution is 5.78. The highest BCUT2D eigenvalue weighted by Crippen LogP contribution is 2.17. The predicted molar refractivity (Wildman–Crippen MR) is 73.6 cm³/mol. The molecule has 0 aromatic heterocycles. The molecular formula is C14H28N2O2. The fourth-order valence-corrected chi connectivity index (χ4v) is 2.44. The molecule has 1 amide bonds. The summed E-state index contributed by atoms with van der Waals surface area (Å²) in [5.41, 5.74) is -0.208. The van der Waals surface area contributed by atoms with Crippen molar-refractivity contribution in [3.05, 3.63) is 0 Å². The van der Waals surface area contributed by atoms with Crippen LogP contribution in [0.3, 0.4) is 0 Å². The average molecular weight is 256 g/mol. The number of amides is 1. The largest absolute Gasteiger partial charge is 0.375 e. The number of carbonyl (C=O) groups excluding carboxylic acids is 1. The molecule has 0 spiro atoms. The van der Waals surface area contributed by atoms with E-state index < -0.39 is 0 Å². The van der Waals surface area contributed by atoms with Gasteiger partial charge in [-0.2, -0.15) is 0 Å². The lowest BCUT2D eigenvalue weighted by Crippen LogP contribution is -2.45. The van der Waals surface area contributed by atoms with Gasteiger partial charge in [-0.3, -0.25) is 4.79 Å². The van der Waals surface area contributed by atoms with Crippen LogP contribution in [0.4, 0.5) is 0 Å². The fourth-order valence-electron chi connectivity index (χ4n) is 2.44. The van der Waals surface area contributed by atoms with Crippen molar-refractivity contribution in [2.24, 2.45) is 0 Å². The van der Waals surface area contributed by atoms with Gasteiger partial charge in [-0.05, 0) is 33.6 Å². The van der Waals surface area contributed by atoms with Gasteiger partial charge in [0, 0.05) is 19.2 Å². The Bertz CT molecular complexity index is 248. The van der Waals surface area contributed by atoms with Gasteiger partial charge in [0.2, 0.25) is 5.91 Å². The summed E-state index contributed by atoms with van der Waals surface area (Å²) in [6, 6.07) is 0.396. The molecule has 0 bridgehead atoms. The van der Waals surface area contributed by atoms with Crippen LogP contribution in [-0.2, 0) is 9.53 Å². The first-order valence-corrected chi connectivity index (χ1v) is 7.17. The van der Waals surface area contributed by atoms with Crippen molar-refractivity contribution in [2.45, 2.75) is 64.5 Å². The second-order valence-corrected chi connectivity index (χ2v) is 5.70. The van der Waals surface area contributed by atoms with Crippen LogP contribution in [0.15, 0.2) is 0 Å². The first-order valence-electron chi connectivity index (χ1n) is 7.17. The number of nitrogens with one attached hydrogen (secondary N) is 2. The van der Waals surface area contributed by atoms with Crippen molar-refractivity contribution in [2.75, 3.05) is 19.7 Å². The molecule has 4 heteroatoms. The van der Waals surface area contributed by atoms with E-state index in [2.05, 4.69) is 10.6 Å². The topological polar surface area (TPSA) is 50.4 Å². The average Bonchev–Trinajstić information content (AvgIpc) is 2.29. The van der Waals surface area contributed by atoms with Gasteiger partial charge < -0.3 is 15.4 Å². The van der Waals surface area contributed by atoms with Crippen molar-refractivity contribution in [1.82, 2.24) is 10.6 Å². The molecule has 0 aromatic carbocycles. The predicted octanol–water partition coefficient (Wildman–Crippen LogP) is 1.84. The molecular weight excluding hydrogens is 228 g/mol. The summed E-state index contributed by atoms with van der Waals surface area (Å²) in [6.45, 7) is 7.82. The molecule has 0 unspecified atom stereocenters. The van der Waals surface area contributed by atoms with Gasteiger partial charge in [-0.25, -0.2) is 0 Å². The summed E-state index contributed by atoms with van der Waals surface area (Å²) >= 11 is 0. The van der Waals surface area contributed by atoms with Gasteiger partial charge >= 0.3 is 0 Å². The number of carbonyl (C=O) groups is 1. The maximum Gasteiger partial charge on any atom is 0.234 e. The van der Waals surface area contributed by atoms with Crippen LogP contribution < -0.4 is 10.6 Å². The molecule has 1 fully saturated rings. The Kier molecular flexibility index (Phi) is 6.65. The van der Waals surface area contributed by atoms with Crippen LogP contribution in [-0.4, -0.2) is 37.2 Å². The summed E-state index contributed by atoms with van der Waals surface area (Å²) in [4.78, 5) is 11.7. The Morgan fingerprint density at radius 2 is 1.94 bits per heavy atom. The van der Waals surface area contributed by atoms with Gasteiger partial charge in [0.25, 0.3) is 0 Å². The van der Waals surface area contributed by atoms with E-state index in [0.29, 0.717) is 25.7 Å². The summed E-state index contributed by atoms with van der Waals surface area (Å²) < 4.78 is 5.57. The third kappa shape index (κ3) is 6.36. The molecule has 2 N–H and O–H groups in total. The van der Waals surface area contributed by atoms with E-state index in [1.807, 2.05) is 20.8 Å². The molecule has 0 atom stereocenters. The zero-order valence-electron chi connectivity index (χ0n) is 12.1. The minimum Gasteiger partial charge on any atom is -0.375 e. The Balaban J connectivity index is 2.12. The highest BCUT2D eigenvalue weighted by atomic mass is 16.5. The van der Waals surface area contributed by atoms with Crippen LogP contribution in [0.2, 0.25) is 0 Å². The van der Waals surface area contributed by atoms with Crippen molar-refractivity contribution >= 4 is 5.91 Å². The molecule has 1 aliphatic rings. The van der Waals surface area contributed by atoms with Crippen molar-refractivity contribution in [3.8, 4) is 0 Å². The highest BCUT2D eigenvalue weighted by Gasteiger charge is 2.18. The minimum atomic E-state index is -0.208. The summed E-state index contributed by atoms with van der Waals surface area (Å²) in [6.07, 6.45) is 6.07. The van der Waals surface area contributed by atoms with E-state index in [1.165, 1.54) is 19.3 Å². The van der Waals surface area contributed by atoms with E-state index >= 15 is 0 Å². The summed E-state index contributed by atoms with van der Waals surface area (Å²) in [5, 5.41) is 6.26. The van der Waals surface area contributed by atoms with E-state index in [0.717, 1.165) is 12.8 Å². The standard InChI is InChI=1S/C14H28N2O2/c1-4-18-14(2,3)11-15-10-13(17)16-12-8-6-5-7-9-12/h12,15H,4-11H2,1-3H3,(H,16,17). The van der Waals surface area contributed by atoms with Gasteiger partial charge in [-0.1, -0.05) is 19.3 Å². The van der Waals surface area contributed by atoms with Gasteiger partial charge in [0.05, 0.1) is 12.1 Å². The third-order valence-electron chi connectivity index (χ3n) is 3.34. The smallest absolute Gasteiger partial charge is 0.234 e. The molecule has 0 saturated heterocycles. The molecule has 18 heavy (non-hydrogen) atoms. The first kappa shape index (κ1) is 15.4. The SMILES string of the molecule is CCOC(C)(C)CNCC(=O)NC1CCCCC1. The lowest BCUT2D eigenvalue weighted by atomic mass is 9.95. The second kappa shape index (κ2) is 7.74. The van der Waals surface area contributed by atoms with Crippen LogP contribution in [0.25, 0.3) is 0 Å². The zero-order chi connectivity index (χ0) is 13.4. The van der Waals surface area contributed by atoms with Crippen LogP contribution >= 0.6 is 0 Å². The summed E-state index contributed by atoms with van der Waals surface area (Å²) in [7, 11) is 0.